The second-order valence-corrected chi connectivity index (χ2v) is 7.71. The lowest BCUT2D eigenvalue weighted by Gasteiger charge is -2.25. The number of hydrogen-bond donors (Lipinski definition) is 2. The fraction of sp³-hybridized carbons (Fsp3) is 0.882. The predicted molar refractivity (Wildman–Crippen MR) is 112 cm³/mol. The Hall–Kier alpha value is -0.770. The lowest BCUT2D eigenvalue weighted by molar-refractivity contribution is 0.0309. The molecule has 0 bridgehead atoms. The Morgan fingerprint density at radius 1 is 1.28 bits per heavy atom. The molecule has 1 saturated heterocycles. The number of rotatable bonds is 5. The van der Waals surface area contributed by atoms with Gasteiger partial charge in [-0.3, -0.25) is 4.99 Å². The number of carbonyl (C=O) groups excluding carboxylic acids is 1. The summed E-state index contributed by atoms with van der Waals surface area (Å²) in [7, 11) is 1.69. The van der Waals surface area contributed by atoms with E-state index in [4.69, 9.17) is 9.47 Å². The Labute approximate surface area is 169 Å². The number of ether oxygens (including phenoxy) is 2. The fourth-order valence-electron chi connectivity index (χ4n) is 2.30. The maximum Gasteiger partial charge on any atom is 0.407 e. The zero-order valence-electron chi connectivity index (χ0n) is 16.6. The summed E-state index contributed by atoms with van der Waals surface area (Å²) in [4.78, 5) is 18.7. The van der Waals surface area contributed by atoms with Crippen molar-refractivity contribution in [3.8, 4) is 0 Å². The van der Waals surface area contributed by atoms with Crippen LogP contribution in [-0.2, 0) is 9.47 Å². The number of methoxy groups -OCH3 is 1. The van der Waals surface area contributed by atoms with Crippen molar-refractivity contribution >= 4 is 36.0 Å². The number of amides is 1. The van der Waals surface area contributed by atoms with E-state index in [9.17, 15) is 4.79 Å². The molecule has 1 aliphatic rings. The molecule has 0 aromatic carbocycles. The zero-order chi connectivity index (χ0) is 18.4. The first-order chi connectivity index (χ1) is 11.1. The lowest BCUT2D eigenvalue weighted by atomic mass is 10.1. The Bertz CT molecular complexity index is 450. The van der Waals surface area contributed by atoms with Gasteiger partial charge < -0.3 is 25.0 Å². The van der Waals surface area contributed by atoms with Crippen molar-refractivity contribution in [2.75, 3.05) is 33.3 Å². The van der Waals surface area contributed by atoms with Crippen LogP contribution >= 0.6 is 24.0 Å². The summed E-state index contributed by atoms with van der Waals surface area (Å²) < 4.78 is 10.7. The molecule has 7 nitrogen and oxygen atoms in total. The lowest BCUT2D eigenvalue weighted by Crippen LogP contribution is -2.44. The molecule has 148 valence electrons. The Morgan fingerprint density at radius 2 is 1.92 bits per heavy atom. The first kappa shape index (κ1) is 24.2. The van der Waals surface area contributed by atoms with Crippen LogP contribution in [0, 0.1) is 0 Å². The molecule has 8 heteroatoms. The van der Waals surface area contributed by atoms with E-state index in [1.165, 1.54) is 0 Å². The van der Waals surface area contributed by atoms with Gasteiger partial charge in [0.1, 0.15) is 5.60 Å². The van der Waals surface area contributed by atoms with Gasteiger partial charge in [0.2, 0.25) is 0 Å². The van der Waals surface area contributed by atoms with E-state index in [2.05, 4.69) is 20.5 Å². The third-order valence-corrected chi connectivity index (χ3v) is 3.71. The third kappa shape index (κ3) is 9.48. The van der Waals surface area contributed by atoms with Crippen LogP contribution in [0.15, 0.2) is 4.99 Å². The Morgan fingerprint density at radius 3 is 2.44 bits per heavy atom. The van der Waals surface area contributed by atoms with Crippen LogP contribution in [0.2, 0.25) is 0 Å². The first-order valence-electron chi connectivity index (χ1n) is 8.64. The molecule has 1 heterocycles. The molecule has 1 atom stereocenters. The monoisotopic (exact) mass is 470 g/mol. The van der Waals surface area contributed by atoms with E-state index in [0.717, 1.165) is 32.0 Å². The molecule has 0 unspecified atom stereocenters. The van der Waals surface area contributed by atoms with Crippen molar-refractivity contribution in [3.05, 3.63) is 0 Å². The van der Waals surface area contributed by atoms with Gasteiger partial charge in [-0.05, 0) is 48.0 Å². The number of nitrogens with one attached hydrogen (secondary N) is 2. The van der Waals surface area contributed by atoms with Gasteiger partial charge in [0.25, 0.3) is 0 Å². The van der Waals surface area contributed by atoms with Gasteiger partial charge >= 0.3 is 6.09 Å². The minimum atomic E-state index is -0.482. The summed E-state index contributed by atoms with van der Waals surface area (Å²) in [5.74, 6) is 0.858. The van der Waals surface area contributed by atoms with Gasteiger partial charge in [0, 0.05) is 26.7 Å². The van der Waals surface area contributed by atoms with E-state index in [1.807, 2.05) is 41.5 Å². The molecular formula is C17H35IN4O3. The van der Waals surface area contributed by atoms with Crippen molar-refractivity contribution in [1.29, 1.82) is 0 Å². The molecule has 1 aliphatic heterocycles. The van der Waals surface area contributed by atoms with Gasteiger partial charge in [-0.1, -0.05) is 0 Å². The number of likely N-dealkylation sites (tertiary alicyclic amines) is 1. The molecule has 0 saturated carbocycles. The maximum absolute atomic E-state index is 11.9. The number of alkyl carbamates (subject to hydrolysis) is 1. The second kappa shape index (κ2) is 10.4. The smallest absolute Gasteiger partial charge is 0.407 e. The maximum atomic E-state index is 11.9. The molecule has 2 N–H and O–H groups in total. The topological polar surface area (TPSA) is 75.2 Å². The van der Waals surface area contributed by atoms with E-state index in [0.29, 0.717) is 6.54 Å². The largest absolute Gasteiger partial charge is 0.444 e. The van der Waals surface area contributed by atoms with Crippen LogP contribution in [0.25, 0.3) is 0 Å². The van der Waals surface area contributed by atoms with Crippen LogP contribution in [-0.4, -0.2) is 67.5 Å². The summed E-state index contributed by atoms with van der Waals surface area (Å²) in [5, 5.41) is 6.25. The predicted octanol–water partition coefficient (Wildman–Crippen LogP) is 2.59. The molecule has 25 heavy (non-hydrogen) atoms. The SMILES string of the molecule is CCNC(=NCC(C)(C)OC)N1CC[C@@H](NC(=O)OC(C)(C)C)C1.I. The van der Waals surface area contributed by atoms with Crippen LogP contribution in [0.3, 0.4) is 0 Å². The Balaban J connectivity index is 0.00000576. The van der Waals surface area contributed by atoms with Crippen LogP contribution in [0.4, 0.5) is 4.79 Å². The van der Waals surface area contributed by atoms with Crippen molar-refractivity contribution in [2.24, 2.45) is 4.99 Å². The minimum absolute atomic E-state index is 0. The molecule has 1 amide bonds. The summed E-state index contributed by atoms with van der Waals surface area (Å²) in [6.07, 6.45) is 0.508. The molecule has 1 fully saturated rings. The number of aliphatic imine (C=N–C) groups is 1. The van der Waals surface area contributed by atoms with Crippen LogP contribution in [0.5, 0.6) is 0 Å². The molecule has 1 rings (SSSR count). The highest BCUT2D eigenvalue weighted by molar-refractivity contribution is 14.0. The number of nitrogens with zero attached hydrogens (tertiary/aromatic N) is 2. The second-order valence-electron chi connectivity index (χ2n) is 7.71. The molecule has 0 aromatic rings. The molecule has 0 radical (unpaired) electrons. The third-order valence-electron chi connectivity index (χ3n) is 3.71. The summed E-state index contributed by atoms with van der Waals surface area (Å²) in [6.45, 7) is 14.6. The minimum Gasteiger partial charge on any atom is -0.444 e. The van der Waals surface area contributed by atoms with Gasteiger partial charge in [0.05, 0.1) is 18.2 Å². The molecule has 0 aliphatic carbocycles. The quantitative estimate of drug-likeness (QED) is 0.367. The average Bonchev–Trinajstić information content (AvgIpc) is 2.89. The Kier molecular flexibility index (Phi) is 10.1. The van der Waals surface area contributed by atoms with Crippen molar-refractivity contribution in [3.63, 3.8) is 0 Å². The fourth-order valence-corrected chi connectivity index (χ4v) is 2.30. The van der Waals surface area contributed by atoms with E-state index in [-0.39, 0.29) is 41.7 Å². The van der Waals surface area contributed by atoms with E-state index >= 15 is 0 Å². The average molecular weight is 470 g/mol. The molecule has 0 aromatic heterocycles. The molecule has 0 spiro atoms. The summed E-state index contributed by atoms with van der Waals surface area (Å²) in [6, 6.07) is 0.0686. The van der Waals surface area contributed by atoms with E-state index < -0.39 is 5.60 Å². The number of guanidine groups is 1. The van der Waals surface area contributed by atoms with Crippen LogP contribution in [0.1, 0.15) is 48.0 Å². The van der Waals surface area contributed by atoms with Gasteiger partial charge in [-0.2, -0.15) is 0 Å². The highest BCUT2D eigenvalue weighted by atomic mass is 127. The molecular weight excluding hydrogens is 435 g/mol. The standard InChI is InChI=1S/C17H34N4O3.HI/c1-8-18-14(19-12-17(5,6)23-7)21-10-9-13(11-21)20-15(22)24-16(2,3)4;/h13H,8-12H2,1-7H3,(H,18,19)(H,20,22);1H/t13-;/m1./s1. The normalized spacial score (nSPS) is 18.6. The van der Waals surface area contributed by atoms with Gasteiger partial charge in [0.15, 0.2) is 5.96 Å². The number of carbonyl (C=O) groups is 1. The van der Waals surface area contributed by atoms with Gasteiger partial charge in [-0.15, -0.1) is 24.0 Å². The highest BCUT2D eigenvalue weighted by Gasteiger charge is 2.28. The first-order valence-corrected chi connectivity index (χ1v) is 8.64. The van der Waals surface area contributed by atoms with Crippen molar-refractivity contribution in [2.45, 2.75) is 65.2 Å². The highest BCUT2D eigenvalue weighted by Crippen LogP contribution is 2.13. The van der Waals surface area contributed by atoms with Crippen LogP contribution < -0.4 is 10.6 Å². The van der Waals surface area contributed by atoms with Crippen molar-refractivity contribution in [1.82, 2.24) is 15.5 Å². The number of hydrogen-bond acceptors (Lipinski definition) is 4. The number of halogens is 1. The van der Waals surface area contributed by atoms with Gasteiger partial charge in [-0.25, -0.2) is 4.79 Å². The van der Waals surface area contributed by atoms with E-state index in [1.54, 1.807) is 7.11 Å². The zero-order valence-corrected chi connectivity index (χ0v) is 19.0. The summed E-state index contributed by atoms with van der Waals surface area (Å²) in [5.41, 5.74) is -0.779. The summed E-state index contributed by atoms with van der Waals surface area (Å²) >= 11 is 0. The van der Waals surface area contributed by atoms with Crippen molar-refractivity contribution < 1.29 is 14.3 Å².